The molecule has 0 spiro atoms. The van der Waals surface area contributed by atoms with E-state index in [1.807, 2.05) is 36.5 Å². The van der Waals surface area contributed by atoms with Crippen LogP contribution in [0.5, 0.6) is 0 Å². The lowest BCUT2D eigenvalue weighted by Gasteiger charge is -2.05. The van der Waals surface area contributed by atoms with Gasteiger partial charge in [-0.3, -0.25) is 4.98 Å². The van der Waals surface area contributed by atoms with E-state index < -0.39 is 0 Å². The third-order valence-corrected chi connectivity index (χ3v) is 2.88. The molecule has 3 rings (SSSR count). The van der Waals surface area contributed by atoms with Crippen LogP contribution in [0.25, 0.3) is 22.3 Å². The molecule has 1 heteroatoms. The Hall–Kier alpha value is -2.41. The van der Waals surface area contributed by atoms with Crippen LogP contribution >= 0.6 is 0 Å². The molecule has 0 aliphatic heterocycles. The van der Waals surface area contributed by atoms with Crippen LogP contribution in [0.2, 0.25) is 0 Å². The first-order valence-corrected chi connectivity index (χ1v) is 5.91. The minimum absolute atomic E-state index is 1.11. The molecule has 0 aliphatic carbocycles. The van der Waals surface area contributed by atoms with E-state index in [1.54, 1.807) is 6.20 Å². The lowest BCUT2D eigenvalue weighted by Crippen LogP contribution is -1.82. The Morgan fingerprint density at radius 3 is 2.39 bits per heavy atom. The number of pyridine rings is 1. The highest BCUT2D eigenvalue weighted by atomic mass is 14.6. The average Bonchev–Trinajstić information content (AvgIpc) is 2.49. The normalized spacial score (nSPS) is 10.2. The molecule has 0 fully saturated rings. The van der Waals surface area contributed by atoms with Crippen LogP contribution in [0.15, 0.2) is 73.1 Å². The smallest absolute Gasteiger partial charge is 0.0346 e. The maximum absolute atomic E-state index is 4.15. The highest BCUT2D eigenvalue weighted by Crippen LogP contribution is 2.25. The summed E-state index contributed by atoms with van der Waals surface area (Å²) in [5.74, 6) is 0. The molecule has 0 aliphatic rings. The van der Waals surface area contributed by atoms with E-state index in [4.69, 9.17) is 0 Å². The van der Waals surface area contributed by atoms with Gasteiger partial charge in [-0.05, 0) is 34.9 Å². The molecule has 3 aromatic rings. The molecule has 0 unspecified atom stereocenters. The zero-order valence-corrected chi connectivity index (χ0v) is 9.88. The third-order valence-electron chi connectivity index (χ3n) is 2.88. The van der Waals surface area contributed by atoms with Crippen molar-refractivity contribution in [2.24, 2.45) is 0 Å². The van der Waals surface area contributed by atoms with Gasteiger partial charge >= 0.3 is 0 Å². The van der Waals surface area contributed by atoms with Crippen LogP contribution in [-0.2, 0) is 0 Å². The Kier molecular flexibility index (Phi) is 2.89. The molecular weight excluding hydrogens is 218 g/mol. The zero-order chi connectivity index (χ0) is 12.2. The van der Waals surface area contributed by atoms with Crippen molar-refractivity contribution >= 4 is 0 Å². The molecule has 0 saturated carbocycles. The molecule has 0 amide bonds. The monoisotopic (exact) mass is 230 g/mol. The second-order valence-corrected chi connectivity index (χ2v) is 4.10. The largest absolute Gasteiger partial charge is 0.264 e. The second kappa shape index (κ2) is 4.84. The SMILES string of the molecule is [c]1ccc(-c2cccnc2)cc1-c1ccccc1. The van der Waals surface area contributed by atoms with E-state index in [0.29, 0.717) is 0 Å². The number of rotatable bonds is 2. The van der Waals surface area contributed by atoms with E-state index in [9.17, 15) is 0 Å². The third kappa shape index (κ3) is 2.16. The molecule has 2 aromatic carbocycles. The highest BCUT2D eigenvalue weighted by Gasteiger charge is 2.01. The summed E-state index contributed by atoms with van der Waals surface area (Å²) in [7, 11) is 0. The van der Waals surface area contributed by atoms with Crippen LogP contribution in [0.4, 0.5) is 0 Å². The molecule has 1 nitrogen and oxygen atoms in total. The minimum atomic E-state index is 1.11. The van der Waals surface area contributed by atoms with Gasteiger partial charge in [0.1, 0.15) is 0 Å². The number of hydrogen-bond donors (Lipinski definition) is 0. The molecule has 0 atom stereocenters. The van der Waals surface area contributed by atoms with E-state index in [2.05, 4.69) is 41.4 Å². The van der Waals surface area contributed by atoms with Gasteiger partial charge in [-0.15, -0.1) is 0 Å². The van der Waals surface area contributed by atoms with E-state index >= 15 is 0 Å². The van der Waals surface area contributed by atoms with Gasteiger partial charge in [0.2, 0.25) is 0 Å². The Morgan fingerprint density at radius 1 is 0.778 bits per heavy atom. The van der Waals surface area contributed by atoms with Gasteiger partial charge in [-0.25, -0.2) is 0 Å². The first-order valence-electron chi connectivity index (χ1n) is 5.91. The quantitative estimate of drug-likeness (QED) is 0.642. The fraction of sp³-hybridized carbons (Fsp3) is 0. The summed E-state index contributed by atoms with van der Waals surface area (Å²) in [5.41, 5.74) is 4.59. The molecular formula is C17H12N. The predicted octanol–water partition coefficient (Wildman–Crippen LogP) is 4.22. The Morgan fingerprint density at radius 2 is 1.61 bits per heavy atom. The van der Waals surface area contributed by atoms with Crippen LogP contribution in [0.3, 0.4) is 0 Å². The second-order valence-electron chi connectivity index (χ2n) is 4.10. The lowest BCUT2D eigenvalue weighted by atomic mass is 10.0. The van der Waals surface area contributed by atoms with E-state index in [0.717, 1.165) is 11.1 Å². The molecule has 1 radical (unpaired) electrons. The minimum Gasteiger partial charge on any atom is -0.264 e. The van der Waals surface area contributed by atoms with Crippen LogP contribution in [0.1, 0.15) is 0 Å². The van der Waals surface area contributed by atoms with Crippen molar-refractivity contribution < 1.29 is 0 Å². The first-order chi connectivity index (χ1) is 8.93. The van der Waals surface area contributed by atoms with Crippen molar-refractivity contribution in [2.75, 3.05) is 0 Å². The number of benzene rings is 2. The fourth-order valence-corrected chi connectivity index (χ4v) is 1.96. The maximum Gasteiger partial charge on any atom is 0.0346 e. The van der Waals surface area contributed by atoms with Crippen LogP contribution in [-0.4, -0.2) is 4.98 Å². The van der Waals surface area contributed by atoms with Gasteiger partial charge in [0.05, 0.1) is 0 Å². The number of hydrogen-bond acceptors (Lipinski definition) is 1. The summed E-state index contributed by atoms with van der Waals surface area (Å²) in [6, 6.07) is 23.8. The van der Waals surface area contributed by atoms with Gasteiger partial charge < -0.3 is 0 Å². The lowest BCUT2D eigenvalue weighted by molar-refractivity contribution is 1.33. The van der Waals surface area contributed by atoms with Crippen molar-refractivity contribution in [3.63, 3.8) is 0 Å². The van der Waals surface area contributed by atoms with Crippen LogP contribution in [0, 0.1) is 6.07 Å². The van der Waals surface area contributed by atoms with E-state index in [1.165, 1.54) is 11.1 Å². The topological polar surface area (TPSA) is 12.9 Å². The first kappa shape index (κ1) is 10.7. The van der Waals surface area contributed by atoms with Crippen molar-refractivity contribution in [3.8, 4) is 22.3 Å². The zero-order valence-electron chi connectivity index (χ0n) is 9.88. The average molecular weight is 230 g/mol. The van der Waals surface area contributed by atoms with Crippen molar-refractivity contribution in [2.45, 2.75) is 0 Å². The molecule has 0 bridgehead atoms. The molecule has 18 heavy (non-hydrogen) atoms. The maximum atomic E-state index is 4.15. The molecule has 1 heterocycles. The highest BCUT2D eigenvalue weighted by molar-refractivity contribution is 5.72. The summed E-state index contributed by atoms with van der Waals surface area (Å²) in [4.78, 5) is 4.15. The molecule has 0 N–H and O–H groups in total. The van der Waals surface area contributed by atoms with Crippen molar-refractivity contribution in [1.29, 1.82) is 0 Å². The van der Waals surface area contributed by atoms with Crippen LogP contribution < -0.4 is 0 Å². The van der Waals surface area contributed by atoms with Gasteiger partial charge in [-0.1, -0.05) is 48.5 Å². The Labute approximate surface area is 107 Å². The van der Waals surface area contributed by atoms with Gasteiger partial charge in [0.15, 0.2) is 0 Å². The Balaban J connectivity index is 2.05. The number of nitrogens with zero attached hydrogens (tertiary/aromatic N) is 1. The van der Waals surface area contributed by atoms with Gasteiger partial charge in [0, 0.05) is 18.0 Å². The fourth-order valence-electron chi connectivity index (χ4n) is 1.96. The van der Waals surface area contributed by atoms with Gasteiger partial charge in [-0.2, -0.15) is 0 Å². The summed E-state index contributed by atoms with van der Waals surface area (Å²) in [5, 5.41) is 0. The Bertz CT molecular complexity index is 575. The summed E-state index contributed by atoms with van der Waals surface area (Å²) in [6.07, 6.45) is 3.67. The molecule has 1 aromatic heterocycles. The number of aromatic nitrogens is 1. The summed E-state index contributed by atoms with van der Waals surface area (Å²) >= 11 is 0. The summed E-state index contributed by atoms with van der Waals surface area (Å²) < 4.78 is 0. The van der Waals surface area contributed by atoms with Gasteiger partial charge in [0.25, 0.3) is 0 Å². The standard InChI is InChI=1S/C17H12N/c1-2-6-14(7-3-1)15-8-4-9-16(12-15)17-10-5-11-18-13-17/h1-7,9-13H. The molecule has 85 valence electrons. The summed E-state index contributed by atoms with van der Waals surface area (Å²) in [6.45, 7) is 0. The van der Waals surface area contributed by atoms with Crippen molar-refractivity contribution in [3.05, 3.63) is 79.1 Å². The van der Waals surface area contributed by atoms with E-state index in [-0.39, 0.29) is 0 Å². The molecule has 0 saturated heterocycles. The predicted molar refractivity (Wildman–Crippen MR) is 73.9 cm³/mol. The van der Waals surface area contributed by atoms with Crippen molar-refractivity contribution in [1.82, 2.24) is 4.98 Å².